The number of fused-ring (bicyclic) bond motifs is 1. The molecule has 0 amide bonds. The van der Waals surface area contributed by atoms with Crippen LogP contribution in [0.1, 0.15) is 16.8 Å². The molecule has 1 aromatic heterocycles. The third-order valence-corrected chi connectivity index (χ3v) is 3.65. The van der Waals surface area contributed by atoms with Gasteiger partial charge in [-0.3, -0.25) is 4.98 Å². The van der Waals surface area contributed by atoms with Crippen LogP contribution in [0.15, 0.2) is 48.5 Å². The molecule has 106 valence electrons. The summed E-state index contributed by atoms with van der Waals surface area (Å²) in [6, 6.07) is 16.0. The quantitative estimate of drug-likeness (QED) is 0.784. The standard InChI is InChI=1S/C18H18N2O/c1-12-7-8-15(9-13(12)2)21-18-10-14(11-19)20-17-6-4-3-5-16(17)18/h3-10H,11,19H2,1-2H3. The zero-order valence-electron chi connectivity index (χ0n) is 12.3. The summed E-state index contributed by atoms with van der Waals surface area (Å²) in [5.74, 6) is 1.63. The molecular weight excluding hydrogens is 260 g/mol. The molecule has 0 atom stereocenters. The first kappa shape index (κ1) is 13.6. The topological polar surface area (TPSA) is 48.1 Å². The molecule has 0 radical (unpaired) electrons. The fourth-order valence-corrected chi connectivity index (χ4v) is 2.29. The second kappa shape index (κ2) is 5.54. The molecule has 0 fully saturated rings. The summed E-state index contributed by atoms with van der Waals surface area (Å²) in [5.41, 5.74) is 9.92. The molecule has 2 aromatic carbocycles. The number of rotatable bonds is 3. The zero-order valence-corrected chi connectivity index (χ0v) is 12.3. The minimum absolute atomic E-state index is 0.397. The number of nitrogens with two attached hydrogens (primary N) is 1. The highest BCUT2D eigenvalue weighted by atomic mass is 16.5. The molecular formula is C18H18N2O. The van der Waals surface area contributed by atoms with Crippen molar-refractivity contribution in [2.24, 2.45) is 5.73 Å². The van der Waals surface area contributed by atoms with E-state index in [0.29, 0.717) is 6.54 Å². The number of aryl methyl sites for hydroxylation is 2. The minimum atomic E-state index is 0.397. The lowest BCUT2D eigenvalue weighted by atomic mass is 10.1. The maximum atomic E-state index is 6.07. The van der Waals surface area contributed by atoms with Crippen LogP contribution in [0.3, 0.4) is 0 Å². The van der Waals surface area contributed by atoms with Crippen molar-refractivity contribution in [2.45, 2.75) is 20.4 Å². The van der Waals surface area contributed by atoms with Gasteiger partial charge in [0, 0.05) is 18.0 Å². The fraction of sp³-hybridized carbons (Fsp3) is 0.167. The molecule has 3 nitrogen and oxygen atoms in total. The molecule has 0 saturated heterocycles. The summed E-state index contributed by atoms with van der Waals surface area (Å²) in [6.07, 6.45) is 0. The van der Waals surface area contributed by atoms with Gasteiger partial charge in [-0.1, -0.05) is 18.2 Å². The number of para-hydroxylation sites is 1. The van der Waals surface area contributed by atoms with Gasteiger partial charge in [-0.05, 0) is 49.2 Å². The van der Waals surface area contributed by atoms with Gasteiger partial charge in [0.25, 0.3) is 0 Å². The number of nitrogens with zero attached hydrogens (tertiary/aromatic N) is 1. The smallest absolute Gasteiger partial charge is 0.138 e. The van der Waals surface area contributed by atoms with Crippen molar-refractivity contribution >= 4 is 10.9 Å². The van der Waals surface area contributed by atoms with Crippen LogP contribution in [0.25, 0.3) is 10.9 Å². The molecule has 0 aliphatic rings. The van der Waals surface area contributed by atoms with Crippen molar-refractivity contribution in [1.29, 1.82) is 0 Å². The summed E-state index contributed by atoms with van der Waals surface area (Å²) in [4.78, 5) is 4.52. The molecule has 0 unspecified atom stereocenters. The van der Waals surface area contributed by atoms with Crippen LogP contribution in [0.4, 0.5) is 0 Å². The summed E-state index contributed by atoms with van der Waals surface area (Å²) >= 11 is 0. The third-order valence-electron chi connectivity index (χ3n) is 3.65. The predicted molar refractivity (Wildman–Crippen MR) is 85.6 cm³/mol. The van der Waals surface area contributed by atoms with E-state index in [9.17, 15) is 0 Å². The molecule has 21 heavy (non-hydrogen) atoms. The lowest BCUT2D eigenvalue weighted by Gasteiger charge is -2.11. The normalized spacial score (nSPS) is 10.8. The summed E-state index contributed by atoms with van der Waals surface area (Å²) in [5, 5.41) is 0.993. The van der Waals surface area contributed by atoms with Gasteiger partial charge < -0.3 is 10.5 Å². The van der Waals surface area contributed by atoms with E-state index < -0.39 is 0 Å². The summed E-state index contributed by atoms with van der Waals surface area (Å²) in [7, 11) is 0. The SMILES string of the molecule is Cc1ccc(Oc2cc(CN)nc3ccccc23)cc1C. The lowest BCUT2D eigenvalue weighted by molar-refractivity contribution is 0.486. The molecule has 0 aliphatic heterocycles. The second-order valence-electron chi connectivity index (χ2n) is 5.18. The highest BCUT2D eigenvalue weighted by molar-refractivity contribution is 5.85. The van der Waals surface area contributed by atoms with Gasteiger partial charge in [0.1, 0.15) is 11.5 Å². The fourth-order valence-electron chi connectivity index (χ4n) is 2.29. The highest BCUT2D eigenvalue weighted by Gasteiger charge is 2.07. The van der Waals surface area contributed by atoms with Gasteiger partial charge in [0.2, 0.25) is 0 Å². The van der Waals surface area contributed by atoms with Gasteiger partial charge >= 0.3 is 0 Å². The average Bonchev–Trinajstić information content (AvgIpc) is 2.51. The predicted octanol–water partition coefficient (Wildman–Crippen LogP) is 4.10. The maximum absolute atomic E-state index is 6.07. The van der Waals surface area contributed by atoms with Crippen LogP contribution in [-0.4, -0.2) is 4.98 Å². The van der Waals surface area contributed by atoms with Gasteiger partial charge in [0.15, 0.2) is 0 Å². The molecule has 1 heterocycles. The number of ether oxygens (including phenoxy) is 1. The van der Waals surface area contributed by atoms with E-state index in [1.807, 2.05) is 42.5 Å². The van der Waals surface area contributed by atoms with Crippen molar-refractivity contribution in [3.05, 3.63) is 65.4 Å². The van der Waals surface area contributed by atoms with Crippen LogP contribution >= 0.6 is 0 Å². The Morgan fingerprint density at radius 2 is 1.81 bits per heavy atom. The van der Waals surface area contributed by atoms with E-state index in [-0.39, 0.29) is 0 Å². The Morgan fingerprint density at radius 1 is 1.00 bits per heavy atom. The first-order valence-corrected chi connectivity index (χ1v) is 7.01. The second-order valence-corrected chi connectivity index (χ2v) is 5.18. The monoisotopic (exact) mass is 278 g/mol. The van der Waals surface area contributed by atoms with Crippen LogP contribution < -0.4 is 10.5 Å². The van der Waals surface area contributed by atoms with Gasteiger partial charge in [-0.15, -0.1) is 0 Å². The lowest BCUT2D eigenvalue weighted by Crippen LogP contribution is -2.00. The van der Waals surface area contributed by atoms with Gasteiger partial charge in [0.05, 0.1) is 11.2 Å². The third kappa shape index (κ3) is 2.73. The van der Waals surface area contributed by atoms with Crippen molar-refractivity contribution in [3.8, 4) is 11.5 Å². The van der Waals surface area contributed by atoms with Gasteiger partial charge in [-0.25, -0.2) is 0 Å². The maximum Gasteiger partial charge on any atom is 0.138 e. The van der Waals surface area contributed by atoms with Crippen molar-refractivity contribution in [1.82, 2.24) is 4.98 Å². The Labute approximate surface area is 124 Å². The summed E-state index contributed by atoms with van der Waals surface area (Å²) < 4.78 is 6.07. The first-order chi connectivity index (χ1) is 10.2. The molecule has 3 heteroatoms. The number of hydrogen-bond donors (Lipinski definition) is 1. The van der Waals surface area contributed by atoms with Crippen molar-refractivity contribution in [2.75, 3.05) is 0 Å². The number of benzene rings is 2. The van der Waals surface area contributed by atoms with Crippen LogP contribution in [0.2, 0.25) is 0 Å². The van der Waals surface area contributed by atoms with E-state index >= 15 is 0 Å². The summed E-state index contributed by atoms with van der Waals surface area (Å²) in [6.45, 7) is 4.57. The van der Waals surface area contributed by atoms with Crippen LogP contribution in [-0.2, 0) is 6.54 Å². The van der Waals surface area contributed by atoms with E-state index in [1.165, 1.54) is 11.1 Å². The number of aromatic nitrogens is 1. The van der Waals surface area contributed by atoms with Gasteiger partial charge in [-0.2, -0.15) is 0 Å². The molecule has 0 saturated carbocycles. The Hall–Kier alpha value is -2.39. The Bertz CT molecular complexity index is 796. The molecule has 2 N–H and O–H groups in total. The molecule has 3 rings (SSSR count). The van der Waals surface area contributed by atoms with Crippen molar-refractivity contribution in [3.63, 3.8) is 0 Å². The highest BCUT2D eigenvalue weighted by Crippen LogP contribution is 2.30. The Balaban J connectivity index is 2.08. The van der Waals surface area contributed by atoms with Crippen LogP contribution in [0.5, 0.6) is 11.5 Å². The average molecular weight is 278 g/mol. The Morgan fingerprint density at radius 3 is 2.57 bits per heavy atom. The van der Waals surface area contributed by atoms with E-state index in [0.717, 1.165) is 28.1 Å². The number of pyridine rings is 1. The Kier molecular flexibility index (Phi) is 3.59. The van der Waals surface area contributed by atoms with Crippen molar-refractivity contribution < 1.29 is 4.74 Å². The molecule has 0 spiro atoms. The van der Waals surface area contributed by atoms with E-state index in [4.69, 9.17) is 10.5 Å². The molecule has 3 aromatic rings. The zero-order chi connectivity index (χ0) is 14.8. The largest absolute Gasteiger partial charge is 0.457 e. The number of hydrogen-bond acceptors (Lipinski definition) is 3. The van der Waals surface area contributed by atoms with E-state index in [2.05, 4.69) is 24.9 Å². The first-order valence-electron chi connectivity index (χ1n) is 7.01. The van der Waals surface area contributed by atoms with Crippen LogP contribution in [0, 0.1) is 13.8 Å². The molecule has 0 aliphatic carbocycles. The van der Waals surface area contributed by atoms with E-state index in [1.54, 1.807) is 0 Å². The minimum Gasteiger partial charge on any atom is -0.457 e. The molecule has 0 bridgehead atoms.